The molecule has 0 spiro atoms. The number of nitrogens with zero attached hydrogens (tertiary/aromatic N) is 3. The van der Waals surface area contributed by atoms with Gasteiger partial charge in [0.2, 0.25) is 5.91 Å². The summed E-state index contributed by atoms with van der Waals surface area (Å²) < 4.78 is 5.76. The maximum atomic E-state index is 12.3. The van der Waals surface area contributed by atoms with Gasteiger partial charge in [0.15, 0.2) is 0 Å². The number of rotatable bonds is 7. The van der Waals surface area contributed by atoms with Crippen molar-refractivity contribution >= 4 is 34.7 Å². The minimum atomic E-state index is -0.156. The molecule has 4 rings (SSSR count). The topological polar surface area (TPSA) is 57.7 Å². The Morgan fingerprint density at radius 3 is 2.47 bits per heavy atom. The van der Waals surface area contributed by atoms with Crippen LogP contribution in [0.25, 0.3) is 6.08 Å². The van der Waals surface area contributed by atoms with Crippen LogP contribution in [0.15, 0.2) is 60.0 Å². The number of ether oxygens (including phenoxy) is 1. The largest absolute Gasteiger partial charge is 0.487 e. The van der Waals surface area contributed by atoms with E-state index in [1.807, 2.05) is 48.7 Å². The third-order valence-corrected chi connectivity index (χ3v) is 6.19. The van der Waals surface area contributed by atoms with Crippen LogP contribution in [-0.4, -0.2) is 49.0 Å². The predicted octanol–water partition coefficient (Wildman–Crippen LogP) is 4.43. The van der Waals surface area contributed by atoms with Gasteiger partial charge in [-0.15, -0.1) is 11.3 Å². The fourth-order valence-corrected chi connectivity index (χ4v) is 4.08. The van der Waals surface area contributed by atoms with Crippen molar-refractivity contribution in [1.82, 2.24) is 9.88 Å². The molecule has 166 valence electrons. The van der Waals surface area contributed by atoms with Crippen LogP contribution < -0.4 is 15.0 Å². The quantitative estimate of drug-likeness (QED) is 0.542. The van der Waals surface area contributed by atoms with E-state index in [4.69, 9.17) is 4.74 Å². The van der Waals surface area contributed by atoms with E-state index in [9.17, 15) is 4.79 Å². The third kappa shape index (κ3) is 6.18. The molecule has 1 N–H and O–H groups in total. The molecule has 7 heteroatoms. The number of benzene rings is 2. The second-order valence-electron chi connectivity index (χ2n) is 7.88. The van der Waals surface area contributed by atoms with Gasteiger partial charge in [0.05, 0.1) is 10.7 Å². The van der Waals surface area contributed by atoms with Gasteiger partial charge in [-0.05, 0) is 62.0 Å². The summed E-state index contributed by atoms with van der Waals surface area (Å²) in [5, 5.41) is 5.96. The summed E-state index contributed by atoms with van der Waals surface area (Å²) >= 11 is 1.62. The lowest BCUT2D eigenvalue weighted by molar-refractivity contribution is -0.111. The van der Waals surface area contributed by atoms with Crippen LogP contribution in [0.4, 0.5) is 11.4 Å². The molecule has 2 heterocycles. The second-order valence-corrected chi connectivity index (χ2v) is 8.94. The van der Waals surface area contributed by atoms with E-state index in [0.717, 1.165) is 53.9 Å². The number of hydrogen-bond acceptors (Lipinski definition) is 6. The molecule has 32 heavy (non-hydrogen) atoms. The average molecular weight is 449 g/mol. The monoisotopic (exact) mass is 448 g/mol. The summed E-state index contributed by atoms with van der Waals surface area (Å²) in [5.41, 5.74) is 3.85. The molecule has 1 fully saturated rings. The van der Waals surface area contributed by atoms with Gasteiger partial charge in [0.1, 0.15) is 12.4 Å². The first kappa shape index (κ1) is 22.0. The zero-order valence-electron chi connectivity index (χ0n) is 18.5. The maximum Gasteiger partial charge on any atom is 0.248 e. The Morgan fingerprint density at radius 1 is 1.09 bits per heavy atom. The molecule has 0 aliphatic carbocycles. The van der Waals surface area contributed by atoms with Crippen molar-refractivity contribution in [2.24, 2.45) is 0 Å². The molecule has 2 aromatic carbocycles. The third-order valence-electron chi connectivity index (χ3n) is 5.36. The van der Waals surface area contributed by atoms with E-state index in [2.05, 4.69) is 39.3 Å². The Bertz CT molecular complexity index is 1050. The number of aryl methyl sites for hydroxylation is 1. The average Bonchev–Trinajstić information content (AvgIpc) is 3.23. The highest BCUT2D eigenvalue weighted by Gasteiger charge is 2.14. The summed E-state index contributed by atoms with van der Waals surface area (Å²) in [6, 6.07) is 15.7. The summed E-state index contributed by atoms with van der Waals surface area (Å²) in [7, 11) is 2.15. The number of nitrogens with one attached hydrogen (secondary N) is 1. The van der Waals surface area contributed by atoms with Gasteiger partial charge in [0.25, 0.3) is 0 Å². The van der Waals surface area contributed by atoms with E-state index in [-0.39, 0.29) is 5.91 Å². The lowest BCUT2D eigenvalue weighted by Gasteiger charge is -2.34. The first-order valence-corrected chi connectivity index (χ1v) is 11.6. The number of piperazine rings is 1. The Morgan fingerprint density at radius 2 is 1.81 bits per heavy atom. The minimum Gasteiger partial charge on any atom is -0.487 e. The molecule has 3 aromatic rings. The molecular formula is C25H28N4O2S. The van der Waals surface area contributed by atoms with Crippen LogP contribution in [0.5, 0.6) is 5.75 Å². The smallest absolute Gasteiger partial charge is 0.248 e. The molecule has 0 unspecified atom stereocenters. The Kier molecular flexibility index (Phi) is 7.19. The maximum absolute atomic E-state index is 12.3. The fourth-order valence-electron chi connectivity index (χ4n) is 3.48. The molecular weight excluding hydrogens is 420 g/mol. The van der Waals surface area contributed by atoms with E-state index in [1.165, 1.54) is 5.69 Å². The molecule has 1 amide bonds. The molecule has 0 bridgehead atoms. The van der Waals surface area contributed by atoms with Crippen molar-refractivity contribution in [1.29, 1.82) is 0 Å². The van der Waals surface area contributed by atoms with Gasteiger partial charge in [-0.25, -0.2) is 4.98 Å². The number of likely N-dealkylation sites (N-methyl/N-ethyl adjacent to an activating group) is 1. The van der Waals surface area contributed by atoms with E-state index >= 15 is 0 Å². The lowest BCUT2D eigenvalue weighted by Crippen LogP contribution is -2.44. The van der Waals surface area contributed by atoms with Crippen molar-refractivity contribution in [3.05, 3.63) is 76.3 Å². The Hall–Kier alpha value is -3.16. The van der Waals surface area contributed by atoms with Gasteiger partial charge in [0, 0.05) is 49.0 Å². The molecule has 1 saturated heterocycles. The van der Waals surface area contributed by atoms with Gasteiger partial charge in [-0.2, -0.15) is 0 Å². The minimum absolute atomic E-state index is 0.156. The Labute approximate surface area is 193 Å². The van der Waals surface area contributed by atoms with Crippen molar-refractivity contribution < 1.29 is 9.53 Å². The normalized spacial score (nSPS) is 14.6. The highest BCUT2D eigenvalue weighted by atomic mass is 32.1. The lowest BCUT2D eigenvalue weighted by atomic mass is 10.2. The van der Waals surface area contributed by atoms with E-state index in [1.54, 1.807) is 23.5 Å². The van der Waals surface area contributed by atoms with Crippen molar-refractivity contribution in [3.63, 3.8) is 0 Å². The molecule has 1 aromatic heterocycles. The van der Waals surface area contributed by atoms with Gasteiger partial charge < -0.3 is 19.9 Å². The van der Waals surface area contributed by atoms with Crippen LogP contribution in [0.2, 0.25) is 0 Å². The first-order valence-electron chi connectivity index (χ1n) is 10.7. The van der Waals surface area contributed by atoms with Gasteiger partial charge >= 0.3 is 0 Å². The first-order chi connectivity index (χ1) is 15.5. The van der Waals surface area contributed by atoms with Crippen LogP contribution >= 0.6 is 11.3 Å². The van der Waals surface area contributed by atoms with Gasteiger partial charge in [-0.3, -0.25) is 4.79 Å². The number of thiazole rings is 1. The molecule has 6 nitrogen and oxygen atoms in total. The van der Waals surface area contributed by atoms with Crippen LogP contribution in [0.3, 0.4) is 0 Å². The fraction of sp³-hybridized carbons (Fsp3) is 0.280. The number of amides is 1. The Balaban J connectivity index is 1.25. The van der Waals surface area contributed by atoms with Crippen molar-refractivity contribution in [3.8, 4) is 5.75 Å². The highest BCUT2D eigenvalue weighted by molar-refractivity contribution is 7.09. The van der Waals surface area contributed by atoms with E-state index < -0.39 is 0 Å². The summed E-state index contributed by atoms with van der Waals surface area (Å²) in [6.45, 7) is 6.63. The van der Waals surface area contributed by atoms with Crippen molar-refractivity contribution in [2.45, 2.75) is 13.5 Å². The zero-order valence-corrected chi connectivity index (χ0v) is 19.3. The summed E-state index contributed by atoms with van der Waals surface area (Å²) in [5.74, 6) is 0.620. The zero-order chi connectivity index (χ0) is 22.3. The number of carbonyl (C=O) groups excluding carboxylic acids is 1. The standard InChI is InChI=1S/C25H28N4O2S/c1-19-26-22(18-32-19)17-31-24-10-3-20(4-11-24)5-12-25(30)27-21-6-8-23(9-7-21)29-15-13-28(2)14-16-29/h3-12,18H,13-17H2,1-2H3,(H,27,30)/b12-5+. The summed E-state index contributed by atoms with van der Waals surface area (Å²) in [4.78, 5) is 21.4. The molecule has 0 saturated carbocycles. The van der Waals surface area contributed by atoms with Gasteiger partial charge in [-0.1, -0.05) is 12.1 Å². The summed E-state index contributed by atoms with van der Waals surface area (Å²) in [6.07, 6.45) is 3.34. The van der Waals surface area contributed by atoms with Crippen LogP contribution in [-0.2, 0) is 11.4 Å². The number of aromatic nitrogens is 1. The second kappa shape index (κ2) is 10.4. The number of carbonyl (C=O) groups is 1. The predicted molar refractivity (Wildman–Crippen MR) is 131 cm³/mol. The molecule has 1 aliphatic rings. The number of hydrogen-bond donors (Lipinski definition) is 1. The highest BCUT2D eigenvalue weighted by Crippen LogP contribution is 2.20. The molecule has 1 aliphatic heterocycles. The SMILES string of the molecule is Cc1nc(COc2ccc(/C=C/C(=O)Nc3ccc(N4CCN(C)CC4)cc3)cc2)cs1. The van der Waals surface area contributed by atoms with Crippen LogP contribution in [0, 0.1) is 6.92 Å². The van der Waals surface area contributed by atoms with Crippen molar-refractivity contribution in [2.75, 3.05) is 43.4 Å². The molecule has 0 atom stereocenters. The van der Waals surface area contributed by atoms with Crippen LogP contribution in [0.1, 0.15) is 16.3 Å². The van der Waals surface area contributed by atoms with E-state index in [0.29, 0.717) is 6.61 Å². The molecule has 0 radical (unpaired) electrons. The number of anilines is 2.